The molecule has 0 radical (unpaired) electrons. The van der Waals surface area contributed by atoms with Gasteiger partial charge < -0.3 is 10.1 Å². The van der Waals surface area contributed by atoms with E-state index in [1.54, 1.807) is 16.9 Å². The lowest BCUT2D eigenvalue weighted by Gasteiger charge is -2.13. The number of nitrogens with one attached hydrogen (secondary N) is 2. The van der Waals surface area contributed by atoms with Crippen LogP contribution in [0.5, 0.6) is 0 Å². The second-order valence-corrected chi connectivity index (χ2v) is 6.74. The molecule has 6 heteroatoms. The minimum absolute atomic E-state index is 0.134. The molecule has 1 aromatic heterocycles. The molecule has 2 N–H and O–H groups in total. The van der Waals surface area contributed by atoms with E-state index in [4.69, 9.17) is 4.74 Å². The molecule has 1 atom stereocenters. The number of nitrogens with zero attached hydrogens (tertiary/aromatic N) is 2. The highest BCUT2D eigenvalue weighted by Crippen LogP contribution is 2.16. The van der Waals surface area contributed by atoms with E-state index >= 15 is 0 Å². The predicted molar refractivity (Wildman–Crippen MR) is 97.9 cm³/mol. The van der Waals surface area contributed by atoms with Crippen LogP contribution in [-0.4, -0.2) is 35.1 Å². The number of carbonyl (C=O) groups is 1. The smallest absolute Gasteiger partial charge is 0.320 e. The Morgan fingerprint density at radius 3 is 2.80 bits per heavy atom. The van der Waals surface area contributed by atoms with Crippen molar-refractivity contribution in [2.75, 3.05) is 18.5 Å². The molecule has 2 aromatic rings. The largest absolute Gasteiger partial charge is 0.376 e. The van der Waals surface area contributed by atoms with Crippen molar-refractivity contribution in [3.05, 3.63) is 47.7 Å². The first-order chi connectivity index (χ1) is 12.1. The normalized spacial score (nSPS) is 17.0. The van der Waals surface area contributed by atoms with Crippen LogP contribution in [0.2, 0.25) is 0 Å². The average Bonchev–Trinajstić information content (AvgIpc) is 3.26. The predicted octanol–water partition coefficient (Wildman–Crippen LogP) is 3.36. The van der Waals surface area contributed by atoms with Crippen molar-refractivity contribution < 1.29 is 9.53 Å². The lowest BCUT2D eigenvalue weighted by atomic mass is 10.0. The van der Waals surface area contributed by atoms with Crippen LogP contribution >= 0.6 is 0 Å². The first-order valence-electron chi connectivity index (χ1n) is 8.89. The molecular weight excluding hydrogens is 316 g/mol. The van der Waals surface area contributed by atoms with Crippen LogP contribution in [0.1, 0.15) is 43.7 Å². The van der Waals surface area contributed by atoms with Gasteiger partial charge >= 0.3 is 6.03 Å². The van der Waals surface area contributed by atoms with E-state index < -0.39 is 0 Å². The highest BCUT2D eigenvalue weighted by molar-refractivity contribution is 5.88. The van der Waals surface area contributed by atoms with Gasteiger partial charge in [0.15, 0.2) is 0 Å². The quantitative estimate of drug-likeness (QED) is 0.846. The molecule has 0 saturated carbocycles. The number of amides is 2. The standard InChI is InChI=1S/C19H26N4O2/c1-14(2)16-7-5-15(6-8-16)13-23-18(9-10-21-23)22-19(24)20-12-17-4-3-11-25-17/h5-10,14,17H,3-4,11-13H2,1-2H3,(H2,20,22,24)/t17-/m0/s1. The van der Waals surface area contributed by atoms with E-state index in [-0.39, 0.29) is 12.1 Å². The molecule has 3 rings (SSSR count). The molecular formula is C19H26N4O2. The summed E-state index contributed by atoms with van der Waals surface area (Å²) in [6.07, 6.45) is 3.90. The van der Waals surface area contributed by atoms with Gasteiger partial charge in [0.05, 0.1) is 18.8 Å². The van der Waals surface area contributed by atoms with Crippen molar-refractivity contribution in [2.45, 2.75) is 45.3 Å². The number of hydrogen-bond donors (Lipinski definition) is 2. The Hall–Kier alpha value is -2.34. The van der Waals surface area contributed by atoms with Crippen LogP contribution in [-0.2, 0) is 11.3 Å². The Kier molecular flexibility index (Phi) is 5.71. The van der Waals surface area contributed by atoms with E-state index in [1.807, 2.05) is 0 Å². The molecule has 1 aliphatic heterocycles. The molecule has 1 aromatic carbocycles. The first kappa shape index (κ1) is 17.5. The SMILES string of the molecule is CC(C)c1ccc(Cn2nccc2NC(=O)NC[C@@H]2CCCO2)cc1. The summed E-state index contributed by atoms with van der Waals surface area (Å²) in [6, 6.07) is 10.1. The molecule has 0 bridgehead atoms. The lowest BCUT2D eigenvalue weighted by Crippen LogP contribution is -2.35. The van der Waals surface area contributed by atoms with Gasteiger partial charge in [-0.3, -0.25) is 5.32 Å². The van der Waals surface area contributed by atoms with E-state index in [2.05, 4.69) is 53.8 Å². The molecule has 2 amide bonds. The number of carbonyl (C=O) groups excluding carboxylic acids is 1. The molecule has 134 valence electrons. The van der Waals surface area contributed by atoms with E-state index in [0.717, 1.165) is 25.0 Å². The van der Waals surface area contributed by atoms with Gasteiger partial charge in [0.25, 0.3) is 0 Å². The maximum Gasteiger partial charge on any atom is 0.320 e. The van der Waals surface area contributed by atoms with Crippen molar-refractivity contribution in [3.8, 4) is 0 Å². The fourth-order valence-electron chi connectivity index (χ4n) is 2.92. The zero-order valence-corrected chi connectivity index (χ0v) is 14.9. The number of urea groups is 1. The number of rotatable bonds is 6. The summed E-state index contributed by atoms with van der Waals surface area (Å²) >= 11 is 0. The van der Waals surface area contributed by atoms with Crippen LogP contribution in [0.15, 0.2) is 36.5 Å². The third-order valence-electron chi connectivity index (χ3n) is 4.45. The summed E-state index contributed by atoms with van der Waals surface area (Å²) in [5.74, 6) is 1.20. The topological polar surface area (TPSA) is 68.2 Å². The monoisotopic (exact) mass is 342 g/mol. The van der Waals surface area contributed by atoms with Crippen molar-refractivity contribution in [3.63, 3.8) is 0 Å². The summed E-state index contributed by atoms with van der Waals surface area (Å²) in [6.45, 7) is 6.30. The number of anilines is 1. The highest BCUT2D eigenvalue weighted by Gasteiger charge is 2.16. The Morgan fingerprint density at radius 1 is 1.32 bits per heavy atom. The van der Waals surface area contributed by atoms with Gasteiger partial charge in [-0.05, 0) is 29.9 Å². The number of aromatic nitrogens is 2. The third-order valence-corrected chi connectivity index (χ3v) is 4.45. The van der Waals surface area contributed by atoms with Gasteiger partial charge in [0.2, 0.25) is 0 Å². The average molecular weight is 342 g/mol. The minimum atomic E-state index is -0.229. The minimum Gasteiger partial charge on any atom is -0.376 e. The van der Waals surface area contributed by atoms with Crippen LogP contribution in [0.4, 0.5) is 10.6 Å². The number of hydrogen-bond acceptors (Lipinski definition) is 3. The van der Waals surface area contributed by atoms with Gasteiger partial charge in [-0.2, -0.15) is 5.10 Å². The molecule has 0 aliphatic carbocycles. The molecule has 25 heavy (non-hydrogen) atoms. The molecule has 0 spiro atoms. The van der Waals surface area contributed by atoms with Crippen LogP contribution < -0.4 is 10.6 Å². The lowest BCUT2D eigenvalue weighted by molar-refractivity contribution is 0.112. The molecule has 1 aliphatic rings. The van der Waals surface area contributed by atoms with Crippen LogP contribution in [0, 0.1) is 0 Å². The number of benzene rings is 1. The summed E-state index contributed by atoms with van der Waals surface area (Å²) < 4.78 is 7.30. The zero-order valence-electron chi connectivity index (χ0n) is 14.9. The Labute approximate surface area is 148 Å². The third kappa shape index (κ3) is 4.82. The maximum atomic E-state index is 12.1. The highest BCUT2D eigenvalue weighted by atomic mass is 16.5. The first-order valence-corrected chi connectivity index (χ1v) is 8.89. The van der Waals surface area contributed by atoms with Gasteiger partial charge in [-0.15, -0.1) is 0 Å². The van der Waals surface area contributed by atoms with Crippen molar-refractivity contribution >= 4 is 11.8 Å². The van der Waals surface area contributed by atoms with Crippen LogP contribution in [0.3, 0.4) is 0 Å². The molecule has 6 nitrogen and oxygen atoms in total. The van der Waals surface area contributed by atoms with Crippen molar-refractivity contribution in [1.29, 1.82) is 0 Å². The van der Waals surface area contributed by atoms with E-state index in [1.165, 1.54) is 5.56 Å². The van der Waals surface area contributed by atoms with Crippen LogP contribution in [0.25, 0.3) is 0 Å². The molecule has 2 heterocycles. The number of ether oxygens (including phenoxy) is 1. The van der Waals surface area contributed by atoms with Gasteiger partial charge in [-0.1, -0.05) is 38.1 Å². The molecule has 1 saturated heterocycles. The Morgan fingerprint density at radius 2 is 2.12 bits per heavy atom. The Balaban J connectivity index is 1.55. The molecule has 0 unspecified atom stereocenters. The van der Waals surface area contributed by atoms with Gasteiger partial charge in [-0.25, -0.2) is 9.48 Å². The molecule has 1 fully saturated rings. The fraction of sp³-hybridized carbons (Fsp3) is 0.474. The fourth-order valence-corrected chi connectivity index (χ4v) is 2.92. The summed E-state index contributed by atoms with van der Waals surface area (Å²) in [5.41, 5.74) is 2.46. The maximum absolute atomic E-state index is 12.1. The van der Waals surface area contributed by atoms with Crippen molar-refractivity contribution in [2.24, 2.45) is 0 Å². The Bertz CT molecular complexity index is 688. The second-order valence-electron chi connectivity index (χ2n) is 6.74. The zero-order chi connectivity index (χ0) is 17.6. The van der Waals surface area contributed by atoms with E-state index in [0.29, 0.717) is 24.8 Å². The van der Waals surface area contributed by atoms with Gasteiger partial charge in [0.1, 0.15) is 5.82 Å². The van der Waals surface area contributed by atoms with Gasteiger partial charge in [0, 0.05) is 19.2 Å². The summed E-state index contributed by atoms with van der Waals surface area (Å²) in [5, 5.41) is 10.0. The summed E-state index contributed by atoms with van der Waals surface area (Å²) in [7, 11) is 0. The van der Waals surface area contributed by atoms with E-state index in [9.17, 15) is 4.79 Å². The summed E-state index contributed by atoms with van der Waals surface area (Å²) in [4.78, 5) is 12.1. The second kappa shape index (κ2) is 8.16. The van der Waals surface area contributed by atoms with Crippen molar-refractivity contribution in [1.82, 2.24) is 15.1 Å².